The molecule has 0 spiro atoms. The van der Waals surface area contributed by atoms with Crippen LogP contribution < -0.4 is 5.32 Å². The molecule has 0 bridgehead atoms. The van der Waals surface area contributed by atoms with Gasteiger partial charge in [0.2, 0.25) is 5.91 Å². The van der Waals surface area contributed by atoms with Crippen LogP contribution in [0.1, 0.15) is 31.0 Å². The molecule has 30 heavy (non-hydrogen) atoms. The number of thiophene rings is 1. The van der Waals surface area contributed by atoms with E-state index in [-0.39, 0.29) is 11.3 Å². The molecule has 0 aliphatic carbocycles. The Morgan fingerprint density at radius 2 is 1.90 bits per heavy atom. The number of likely N-dealkylation sites (tertiary alicyclic amines) is 1. The number of amides is 1. The molecule has 1 aromatic carbocycles. The van der Waals surface area contributed by atoms with E-state index in [2.05, 4.69) is 63.0 Å². The number of nitrogens with zero attached hydrogens (tertiary/aromatic N) is 2. The zero-order valence-electron chi connectivity index (χ0n) is 17.5. The number of benzene rings is 1. The molecule has 3 heterocycles. The van der Waals surface area contributed by atoms with E-state index in [4.69, 9.17) is 0 Å². The van der Waals surface area contributed by atoms with Crippen LogP contribution in [0.15, 0.2) is 66.2 Å². The fraction of sp³-hybridized carbons (Fsp3) is 0.360. The highest BCUT2D eigenvalue weighted by Crippen LogP contribution is 2.36. The standard InChI is InChI=1S/C25H29N3OS/c1-2-26-24(29)25(12-15-28(16-13-25)19-22-6-3-4-14-27-22)18-20-8-10-21(11-9-20)23-7-5-17-30-23/h3-11,14,17H,2,12-13,15-16,18-19H2,1H3,(H,26,29). The van der Waals surface area contributed by atoms with Crippen LogP contribution in [0.4, 0.5) is 0 Å². The quantitative estimate of drug-likeness (QED) is 0.600. The SMILES string of the molecule is CCNC(=O)C1(Cc2ccc(-c3cccs3)cc2)CCN(Cc2ccccn2)CC1. The molecule has 3 aromatic rings. The molecule has 156 valence electrons. The molecule has 1 N–H and O–H groups in total. The van der Waals surface area contributed by atoms with Crippen LogP contribution in [0.5, 0.6) is 0 Å². The Kier molecular flexibility index (Phi) is 6.60. The summed E-state index contributed by atoms with van der Waals surface area (Å²) in [4.78, 5) is 21.3. The van der Waals surface area contributed by atoms with E-state index in [0.29, 0.717) is 6.54 Å². The second-order valence-electron chi connectivity index (χ2n) is 8.09. The molecule has 0 radical (unpaired) electrons. The summed E-state index contributed by atoms with van der Waals surface area (Å²) in [7, 11) is 0. The lowest BCUT2D eigenvalue weighted by Crippen LogP contribution is -2.49. The topological polar surface area (TPSA) is 45.2 Å². The van der Waals surface area contributed by atoms with Crippen molar-refractivity contribution in [2.24, 2.45) is 5.41 Å². The van der Waals surface area contributed by atoms with Crippen LogP contribution in [0.3, 0.4) is 0 Å². The maximum Gasteiger partial charge on any atom is 0.226 e. The van der Waals surface area contributed by atoms with Gasteiger partial charge in [0.15, 0.2) is 0 Å². The Labute approximate surface area is 183 Å². The average Bonchev–Trinajstić information content (AvgIpc) is 3.32. The second-order valence-corrected chi connectivity index (χ2v) is 9.04. The van der Waals surface area contributed by atoms with E-state index >= 15 is 0 Å². The smallest absolute Gasteiger partial charge is 0.226 e. The maximum atomic E-state index is 13.1. The zero-order valence-corrected chi connectivity index (χ0v) is 18.3. The predicted molar refractivity (Wildman–Crippen MR) is 123 cm³/mol. The second kappa shape index (κ2) is 9.54. The summed E-state index contributed by atoms with van der Waals surface area (Å²) in [6.45, 7) is 5.36. The molecule has 4 nitrogen and oxygen atoms in total. The van der Waals surface area contributed by atoms with E-state index in [1.165, 1.54) is 16.0 Å². The van der Waals surface area contributed by atoms with Crippen molar-refractivity contribution in [1.29, 1.82) is 0 Å². The van der Waals surface area contributed by atoms with Gasteiger partial charge < -0.3 is 5.32 Å². The Bertz CT molecular complexity index is 930. The van der Waals surface area contributed by atoms with Gasteiger partial charge in [-0.15, -0.1) is 11.3 Å². The van der Waals surface area contributed by atoms with E-state index in [0.717, 1.165) is 44.6 Å². The summed E-state index contributed by atoms with van der Waals surface area (Å²) in [5, 5.41) is 5.21. The Morgan fingerprint density at radius 1 is 1.10 bits per heavy atom. The summed E-state index contributed by atoms with van der Waals surface area (Å²) in [6, 6.07) is 19.0. The zero-order chi connectivity index (χ0) is 20.8. The van der Waals surface area contributed by atoms with Gasteiger partial charge >= 0.3 is 0 Å². The lowest BCUT2D eigenvalue weighted by atomic mass is 9.72. The number of pyridine rings is 1. The normalized spacial score (nSPS) is 16.3. The van der Waals surface area contributed by atoms with E-state index < -0.39 is 0 Å². The average molecular weight is 420 g/mol. The number of hydrogen-bond acceptors (Lipinski definition) is 4. The van der Waals surface area contributed by atoms with Gasteiger partial charge in [-0.3, -0.25) is 14.7 Å². The third-order valence-electron chi connectivity index (χ3n) is 6.05. The molecule has 1 aliphatic heterocycles. The molecule has 0 atom stereocenters. The third-order valence-corrected chi connectivity index (χ3v) is 6.97. The van der Waals surface area contributed by atoms with Gasteiger partial charge in [-0.1, -0.05) is 36.4 Å². The molecule has 0 saturated carbocycles. The van der Waals surface area contributed by atoms with Crippen LogP contribution in [0.2, 0.25) is 0 Å². The summed E-state index contributed by atoms with van der Waals surface area (Å²) >= 11 is 1.75. The molecule has 1 aliphatic rings. The fourth-order valence-corrected chi connectivity index (χ4v) is 5.05. The first-order chi connectivity index (χ1) is 14.7. The Morgan fingerprint density at radius 3 is 2.53 bits per heavy atom. The number of carbonyl (C=O) groups excluding carboxylic acids is 1. The summed E-state index contributed by atoms with van der Waals surface area (Å²) in [5.74, 6) is 0.199. The van der Waals surface area contributed by atoms with Gasteiger partial charge in [0.1, 0.15) is 0 Å². The van der Waals surface area contributed by atoms with Gasteiger partial charge in [0.05, 0.1) is 11.1 Å². The number of hydrogen-bond donors (Lipinski definition) is 1. The van der Waals surface area contributed by atoms with Gasteiger partial charge in [0, 0.05) is 24.2 Å². The van der Waals surface area contributed by atoms with Crippen molar-refractivity contribution < 1.29 is 4.79 Å². The number of carbonyl (C=O) groups is 1. The minimum Gasteiger partial charge on any atom is -0.356 e. The lowest BCUT2D eigenvalue weighted by molar-refractivity contribution is -0.134. The molecule has 2 aromatic heterocycles. The molecule has 4 rings (SSSR count). The minimum atomic E-state index is -0.332. The molecule has 1 saturated heterocycles. The molecule has 1 fully saturated rings. The molecule has 0 unspecified atom stereocenters. The van der Waals surface area contributed by atoms with Crippen LogP contribution in [-0.2, 0) is 17.8 Å². The highest BCUT2D eigenvalue weighted by atomic mass is 32.1. The highest BCUT2D eigenvalue weighted by molar-refractivity contribution is 7.13. The summed E-state index contributed by atoms with van der Waals surface area (Å²) in [6.07, 6.45) is 4.38. The maximum absolute atomic E-state index is 13.1. The van der Waals surface area contributed by atoms with Gasteiger partial charge in [-0.2, -0.15) is 0 Å². The van der Waals surface area contributed by atoms with Crippen molar-refractivity contribution in [3.8, 4) is 10.4 Å². The highest BCUT2D eigenvalue weighted by Gasteiger charge is 2.41. The van der Waals surface area contributed by atoms with E-state index in [9.17, 15) is 4.79 Å². The van der Waals surface area contributed by atoms with E-state index in [1.54, 1.807) is 11.3 Å². The number of nitrogens with one attached hydrogen (secondary N) is 1. The first-order valence-electron chi connectivity index (χ1n) is 10.7. The largest absolute Gasteiger partial charge is 0.356 e. The molecular weight excluding hydrogens is 390 g/mol. The van der Waals surface area contributed by atoms with Gasteiger partial charge in [-0.25, -0.2) is 0 Å². The van der Waals surface area contributed by atoms with Crippen molar-refractivity contribution in [2.75, 3.05) is 19.6 Å². The predicted octanol–water partition coefficient (Wildman–Crippen LogP) is 4.77. The monoisotopic (exact) mass is 419 g/mol. The van der Waals surface area contributed by atoms with Crippen molar-refractivity contribution in [2.45, 2.75) is 32.7 Å². The van der Waals surface area contributed by atoms with Crippen molar-refractivity contribution >= 4 is 17.2 Å². The number of aromatic nitrogens is 1. The summed E-state index contributed by atoms with van der Waals surface area (Å²) < 4.78 is 0. The third kappa shape index (κ3) is 4.79. The van der Waals surface area contributed by atoms with E-state index in [1.807, 2.05) is 25.3 Å². The minimum absolute atomic E-state index is 0.199. The van der Waals surface area contributed by atoms with Gasteiger partial charge in [0.25, 0.3) is 0 Å². The lowest BCUT2D eigenvalue weighted by Gasteiger charge is -2.40. The first kappa shape index (κ1) is 20.8. The molecule has 1 amide bonds. The van der Waals surface area contributed by atoms with Crippen molar-refractivity contribution in [1.82, 2.24) is 15.2 Å². The van der Waals surface area contributed by atoms with Crippen LogP contribution in [-0.4, -0.2) is 35.4 Å². The van der Waals surface area contributed by atoms with Crippen molar-refractivity contribution in [3.63, 3.8) is 0 Å². The van der Waals surface area contributed by atoms with Crippen LogP contribution in [0.25, 0.3) is 10.4 Å². The van der Waals surface area contributed by atoms with Crippen LogP contribution >= 0.6 is 11.3 Å². The van der Waals surface area contributed by atoms with Crippen LogP contribution in [0, 0.1) is 5.41 Å². The fourth-order valence-electron chi connectivity index (χ4n) is 4.31. The Hall–Kier alpha value is -2.50. The van der Waals surface area contributed by atoms with Crippen molar-refractivity contribution in [3.05, 3.63) is 77.4 Å². The number of piperidine rings is 1. The molecule has 5 heteroatoms. The van der Waals surface area contributed by atoms with Gasteiger partial charge in [-0.05, 0) is 74.0 Å². The first-order valence-corrected chi connectivity index (χ1v) is 11.6. The number of rotatable bonds is 7. The molecular formula is C25H29N3OS. The summed E-state index contributed by atoms with van der Waals surface area (Å²) in [5.41, 5.74) is 3.24. The Balaban J connectivity index is 1.46.